The van der Waals surface area contributed by atoms with Crippen LogP contribution in [-0.4, -0.2) is 31.7 Å². The molecule has 110 valence electrons. The van der Waals surface area contributed by atoms with Gasteiger partial charge in [-0.3, -0.25) is 4.98 Å². The summed E-state index contributed by atoms with van der Waals surface area (Å²) in [5.74, 6) is -0.797. The van der Waals surface area contributed by atoms with Crippen LogP contribution in [0.25, 0.3) is 0 Å². The highest BCUT2D eigenvalue weighted by molar-refractivity contribution is 7.89. The summed E-state index contributed by atoms with van der Waals surface area (Å²) in [6, 6.07) is 0.808. The van der Waals surface area contributed by atoms with Crippen molar-refractivity contribution in [3.63, 3.8) is 0 Å². The number of aromatic nitrogens is 1. The van der Waals surface area contributed by atoms with E-state index in [9.17, 15) is 12.8 Å². The van der Waals surface area contributed by atoms with E-state index in [1.807, 2.05) is 27.7 Å². The number of halogens is 1. The zero-order valence-electron chi connectivity index (χ0n) is 11.7. The maximum absolute atomic E-state index is 13.2. The summed E-state index contributed by atoms with van der Waals surface area (Å²) >= 11 is 0. The minimum Gasteiger partial charge on any atom is -0.398 e. The van der Waals surface area contributed by atoms with E-state index in [-0.39, 0.29) is 5.59 Å². The molecule has 0 bridgehead atoms. The van der Waals surface area contributed by atoms with Crippen LogP contribution in [0, 0.1) is 5.82 Å². The Labute approximate surface area is 117 Å². The molecule has 0 spiro atoms. The summed E-state index contributed by atoms with van der Waals surface area (Å²) in [4.78, 5) is 3.34. The van der Waals surface area contributed by atoms with E-state index in [0.717, 1.165) is 12.3 Å². The van der Waals surface area contributed by atoms with Crippen LogP contribution in [0.5, 0.6) is 0 Å². The summed E-state index contributed by atoms with van der Waals surface area (Å²) in [5.41, 5.74) is -1.38. The van der Waals surface area contributed by atoms with E-state index in [1.165, 1.54) is 0 Å². The van der Waals surface area contributed by atoms with Crippen molar-refractivity contribution in [2.24, 2.45) is 5.14 Å². The Morgan fingerprint density at radius 1 is 1.25 bits per heavy atom. The lowest BCUT2D eigenvalue weighted by atomic mass is 9.84. The van der Waals surface area contributed by atoms with Crippen LogP contribution in [0.4, 0.5) is 4.39 Å². The zero-order valence-corrected chi connectivity index (χ0v) is 12.5. The number of pyridine rings is 1. The third kappa shape index (κ3) is 2.58. The van der Waals surface area contributed by atoms with Crippen LogP contribution in [0.1, 0.15) is 27.7 Å². The van der Waals surface area contributed by atoms with E-state index >= 15 is 0 Å². The first-order chi connectivity index (χ1) is 8.94. The van der Waals surface area contributed by atoms with Gasteiger partial charge in [0.2, 0.25) is 10.0 Å². The fraction of sp³-hybridized carbons (Fsp3) is 0.545. The molecule has 2 heterocycles. The van der Waals surface area contributed by atoms with Crippen LogP contribution >= 0.6 is 0 Å². The van der Waals surface area contributed by atoms with Gasteiger partial charge in [-0.15, -0.1) is 0 Å². The molecule has 0 saturated carbocycles. The molecule has 0 aromatic carbocycles. The Bertz CT molecular complexity index is 632. The molecule has 0 aliphatic carbocycles. The molecular formula is C11H16BFN2O4S. The Morgan fingerprint density at radius 2 is 1.75 bits per heavy atom. The van der Waals surface area contributed by atoms with Gasteiger partial charge in [0.15, 0.2) is 0 Å². The van der Waals surface area contributed by atoms with Crippen LogP contribution < -0.4 is 10.7 Å². The minimum atomic E-state index is -4.13. The van der Waals surface area contributed by atoms with E-state index < -0.39 is 39.1 Å². The zero-order chi connectivity index (χ0) is 15.3. The average Bonchev–Trinajstić information content (AvgIpc) is 2.46. The van der Waals surface area contributed by atoms with Crippen LogP contribution in [0.15, 0.2) is 17.2 Å². The monoisotopic (exact) mass is 302 g/mol. The first-order valence-corrected chi connectivity index (χ1v) is 7.52. The molecule has 6 nitrogen and oxygen atoms in total. The summed E-state index contributed by atoms with van der Waals surface area (Å²) in [6.45, 7) is 7.25. The van der Waals surface area contributed by atoms with Gasteiger partial charge >= 0.3 is 7.12 Å². The lowest BCUT2D eigenvalue weighted by Gasteiger charge is -2.32. The van der Waals surface area contributed by atoms with Crippen molar-refractivity contribution in [3.05, 3.63) is 18.1 Å². The van der Waals surface area contributed by atoms with Crippen molar-refractivity contribution >= 4 is 22.7 Å². The number of primary sulfonamides is 1. The Balaban J connectivity index is 2.51. The molecule has 1 saturated heterocycles. The highest BCUT2D eigenvalue weighted by Crippen LogP contribution is 2.36. The highest BCUT2D eigenvalue weighted by atomic mass is 32.2. The quantitative estimate of drug-likeness (QED) is 0.786. The molecule has 0 amide bonds. The second-order valence-corrected chi connectivity index (χ2v) is 7.20. The van der Waals surface area contributed by atoms with Gasteiger partial charge < -0.3 is 9.31 Å². The Morgan fingerprint density at radius 3 is 2.20 bits per heavy atom. The minimum absolute atomic E-state index is 0.0486. The molecule has 1 aliphatic rings. The first-order valence-electron chi connectivity index (χ1n) is 5.98. The number of rotatable bonds is 2. The van der Waals surface area contributed by atoms with Gasteiger partial charge in [-0.25, -0.2) is 17.9 Å². The van der Waals surface area contributed by atoms with Gasteiger partial charge in [-0.05, 0) is 33.8 Å². The maximum Gasteiger partial charge on any atom is 0.515 e. The molecule has 1 aromatic heterocycles. The van der Waals surface area contributed by atoms with E-state index in [2.05, 4.69) is 4.98 Å². The molecule has 0 atom stereocenters. The molecular weight excluding hydrogens is 286 g/mol. The molecule has 0 unspecified atom stereocenters. The van der Waals surface area contributed by atoms with Gasteiger partial charge in [0.1, 0.15) is 10.7 Å². The van der Waals surface area contributed by atoms with Gasteiger partial charge in [0.25, 0.3) is 0 Å². The molecule has 9 heteroatoms. The van der Waals surface area contributed by atoms with Crippen molar-refractivity contribution in [3.8, 4) is 0 Å². The summed E-state index contributed by atoms with van der Waals surface area (Å²) in [5, 5.41) is 5.08. The van der Waals surface area contributed by atoms with Crippen molar-refractivity contribution in [2.75, 3.05) is 0 Å². The average molecular weight is 302 g/mol. The normalized spacial score (nSPS) is 21.2. The third-order valence-electron chi connectivity index (χ3n) is 3.63. The van der Waals surface area contributed by atoms with E-state index in [0.29, 0.717) is 0 Å². The van der Waals surface area contributed by atoms with E-state index in [1.54, 1.807) is 0 Å². The second-order valence-electron chi connectivity index (χ2n) is 5.67. The van der Waals surface area contributed by atoms with Crippen molar-refractivity contribution < 1.29 is 22.1 Å². The Hall–Kier alpha value is -1.03. The van der Waals surface area contributed by atoms with Gasteiger partial charge in [0.05, 0.1) is 23.0 Å². The summed E-state index contributed by atoms with van der Waals surface area (Å²) in [7, 11) is -5.15. The summed E-state index contributed by atoms with van der Waals surface area (Å²) < 4.78 is 47.7. The SMILES string of the molecule is CC1(C)OB(c2ncc(F)cc2S(N)(=O)=O)OC1(C)C. The number of hydrogen-bond donors (Lipinski definition) is 1. The molecule has 1 aromatic rings. The fourth-order valence-electron chi connectivity index (χ4n) is 1.79. The van der Waals surface area contributed by atoms with E-state index in [4.69, 9.17) is 14.4 Å². The molecule has 1 aliphatic heterocycles. The number of nitrogens with two attached hydrogens (primary N) is 1. The molecule has 2 rings (SSSR count). The molecule has 2 N–H and O–H groups in total. The third-order valence-corrected chi connectivity index (χ3v) is 4.57. The lowest BCUT2D eigenvalue weighted by Crippen LogP contribution is -2.41. The second kappa shape index (κ2) is 4.49. The predicted molar refractivity (Wildman–Crippen MR) is 71.3 cm³/mol. The van der Waals surface area contributed by atoms with Crippen molar-refractivity contribution in [1.82, 2.24) is 4.98 Å². The lowest BCUT2D eigenvalue weighted by molar-refractivity contribution is 0.00578. The van der Waals surface area contributed by atoms with Crippen molar-refractivity contribution in [2.45, 2.75) is 43.8 Å². The first kappa shape index (κ1) is 15.4. The maximum atomic E-state index is 13.2. The van der Waals surface area contributed by atoms with Crippen LogP contribution in [0.3, 0.4) is 0 Å². The van der Waals surface area contributed by atoms with Crippen molar-refractivity contribution in [1.29, 1.82) is 0 Å². The predicted octanol–water partition coefficient (Wildman–Crippen LogP) is 0.167. The molecule has 1 fully saturated rings. The van der Waals surface area contributed by atoms with Crippen LogP contribution in [-0.2, 0) is 19.3 Å². The standard InChI is InChI=1S/C11H16BFN2O4S/c1-10(2)11(3,4)19-12(18-10)9-8(20(14,16)17)5-7(13)6-15-9/h5-6H,1-4H3,(H2,14,16,17). The number of sulfonamides is 1. The Kier molecular flexibility index (Phi) is 3.45. The van der Waals surface area contributed by atoms with Gasteiger partial charge in [-0.2, -0.15) is 0 Å². The number of nitrogens with zero attached hydrogens (tertiary/aromatic N) is 1. The smallest absolute Gasteiger partial charge is 0.398 e. The number of hydrogen-bond acceptors (Lipinski definition) is 5. The molecule has 20 heavy (non-hydrogen) atoms. The fourth-order valence-corrected chi connectivity index (χ4v) is 2.51. The topological polar surface area (TPSA) is 91.5 Å². The summed E-state index contributed by atoms with van der Waals surface area (Å²) in [6.07, 6.45) is 0.898. The largest absolute Gasteiger partial charge is 0.515 e. The molecule has 0 radical (unpaired) electrons. The van der Waals surface area contributed by atoms with Gasteiger partial charge in [0, 0.05) is 0 Å². The highest BCUT2D eigenvalue weighted by Gasteiger charge is 2.53. The van der Waals surface area contributed by atoms with Crippen LogP contribution in [0.2, 0.25) is 0 Å². The van der Waals surface area contributed by atoms with Gasteiger partial charge in [-0.1, -0.05) is 0 Å².